The summed E-state index contributed by atoms with van der Waals surface area (Å²) in [5.41, 5.74) is 0.967. The van der Waals surface area contributed by atoms with Crippen LogP contribution in [0.3, 0.4) is 0 Å². The minimum atomic E-state index is -0.129. The van der Waals surface area contributed by atoms with Crippen LogP contribution < -0.4 is 5.32 Å². The predicted octanol–water partition coefficient (Wildman–Crippen LogP) is 2.74. The Kier molecular flexibility index (Phi) is 6.68. The maximum atomic E-state index is 11.7. The van der Waals surface area contributed by atoms with Crippen LogP contribution in [0.5, 0.6) is 0 Å². The molecule has 3 nitrogen and oxygen atoms in total. The van der Waals surface area contributed by atoms with Crippen LogP contribution in [0.2, 0.25) is 0 Å². The lowest BCUT2D eigenvalue weighted by Crippen LogP contribution is -2.33. The Balaban J connectivity index is 2.53. The Bertz CT molecular complexity index is 418. The Labute approximate surface area is 116 Å². The average Bonchev–Trinajstić information content (AvgIpc) is 2.36. The number of carbonyl (C=O) groups excluding carboxylic acids is 1. The number of halogens is 1. The maximum absolute atomic E-state index is 11.7. The Hall–Kier alpha value is -1.13. The molecule has 18 heavy (non-hydrogen) atoms. The molecule has 1 aromatic carbocycles. The lowest BCUT2D eigenvalue weighted by molar-refractivity contribution is -0.117. The van der Waals surface area contributed by atoms with Crippen LogP contribution in [0.1, 0.15) is 25.3 Å². The van der Waals surface area contributed by atoms with E-state index in [1.807, 2.05) is 31.2 Å². The number of benzene rings is 1. The number of hydrogen-bond donors (Lipinski definition) is 2. The second-order valence-electron chi connectivity index (χ2n) is 4.01. The molecular weight excluding hydrogens is 294 g/mol. The SMILES string of the molecule is CCC(CCO)NC(=O)/C=C/c1cccc(Br)c1. The minimum absolute atomic E-state index is 0.0367. The van der Waals surface area contributed by atoms with Crippen LogP contribution in [0.25, 0.3) is 6.08 Å². The number of aliphatic hydroxyl groups is 1. The van der Waals surface area contributed by atoms with Gasteiger partial charge in [0.25, 0.3) is 0 Å². The van der Waals surface area contributed by atoms with Crippen molar-refractivity contribution in [2.75, 3.05) is 6.61 Å². The van der Waals surface area contributed by atoms with E-state index in [0.29, 0.717) is 6.42 Å². The Morgan fingerprint density at radius 3 is 2.94 bits per heavy atom. The molecule has 0 aliphatic rings. The van der Waals surface area contributed by atoms with Crippen molar-refractivity contribution in [1.29, 1.82) is 0 Å². The summed E-state index contributed by atoms with van der Waals surface area (Å²) >= 11 is 3.38. The maximum Gasteiger partial charge on any atom is 0.244 e. The van der Waals surface area contributed by atoms with E-state index < -0.39 is 0 Å². The quantitative estimate of drug-likeness (QED) is 0.794. The fourth-order valence-corrected chi connectivity index (χ4v) is 1.98. The first kappa shape index (κ1) is 14.9. The van der Waals surface area contributed by atoms with E-state index in [0.717, 1.165) is 16.5 Å². The van der Waals surface area contributed by atoms with Crippen molar-refractivity contribution in [2.24, 2.45) is 0 Å². The zero-order valence-electron chi connectivity index (χ0n) is 10.4. The minimum Gasteiger partial charge on any atom is -0.396 e. The topological polar surface area (TPSA) is 49.3 Å². The third kappa shape index (κ3) is 5.47. The van der Waals surface area contributed by atoms with Gasteiger partial charge in [0.2, 0.25) is 5.91 Å². The molecule has 0 saturated heterocycles. The van der Waals surface area contributed by atoms with Crippen LogP contribution in [0.15, 0.2) is 34.8 Å². The largest absolute Gasteiger partial charge is 0.396 e. The van der Waals surface area contributed by atoms with Crippen molar-refractivity contribution in [2.45, 2.75) is 25.8 Å². The van der Waals surface area contributed by atoms with Gasteiger partial charge in [0.1, 0.15) is 0 Å². The van der Waals surface area contributed by atoms with E-state index in [2.05, 4.69) is 21.2 Å². The van der Waals surface area contributed by atoms with Crippen molar-refractivity contribution in [3.05, 3.63) is 40.4 Å². The molecule has 1 unspecified atom stereocenters. The predicted molar refractivity (Wildman–Crippen MR) is 77.1 cm³/mol. The normalized spacial score (nSPS) is 12.6. The van der Waals surface area contributed by atoms with E-state index in [-0.39, 0.29) is 18.6 Å². The molecule has 1 rings (SSSR count). The van der Waals surface area contributed by atoms with E-state index in [4.69, 9.17) is 5.11 Å². The summed E-state index contributed by atoms with van der Waals surface area (Å²) in [4.78, 5) is 11.7. The molecule has 0 saturated carbocycles. The fourth-order valence-electron chi connectivity index (χ4n) is 1.57. The molecule has 2 N–H and O–H groups in total. The van der Waals surface area contributed by atoms with Crippen molar-refractivity contribution in [3.63, 3.8) is 0 Å². The Morgan fingerprint density at radius 1 is 1.56 bits per heavy atom. The van der Waals surface area contributed by atoms with Gasteiger partial charge in [-0.25, -0.2) is 0 Å². The molecule has 0 bridgehead atoms. The summed E-state index contributed by atoms with van der Waals surface area (Å²) < 4.78 is 0.983. The first-order chi connectivity index (χ1) is 8.65. The highest BCUT2D eigenvalue weighted by molar-refractivity contribution is 9.10. The van der Waals surface area contributed by atoms with Crippen molar-refractivity contribution < 1.29 is 9.90 Å². The number of aliphatic hydroxyl groups excluding tert-OH is 1. The van der Waals surface area contributed by atoms with Gasteiger partial charge in [-0.05, 0) is 36.6 Å². The van der Waals surface area contributed by atoms with E-state index in [1.165, 1.54) is 6.08 Å². The number of hydrogen-bond acceptors (Lipinski definition) is 2. The van der Waals surface area contributed by atoms with Gasteiger partial charge in [-0.1, -0.05) is 35.0 Å². The number of carbonyl (C=O) groups is 1. The van der Waals surface area contributed by atoms with Gasteiger partial charge in [-0.15, -0.1) is 0 Å². The first-order valence-electron chi connectivity index (χ1n) is 6.00. The number of amides is 1. The number of nitrogens with one attached hydrogen (secondary N) is 1. The smallest absolute Gasteiger partial charge is 0.244 e. The van der Waals surface area contributed by atoms with Gasteiger partial charge in [-0.3, -0.25) is 4.79 Å². The molecule has 4 heteroatoms. The number of rotatable bonds is 6. The Morgan fingerprint density at radius 2 is 2.33 bits per heavy atom. The second-order valence-corrected chi connectivity index (χ2v) is 4.93. The molecule has 0 heterocycles. The molecule has 0 aliphatic heterocycles. The van der Waals surface area contributed by atoms with Gasteiger partial charge in [-0.2, -0.15) is 0 Å². The first-order valence-corrected chi connectivity index (χ1v) is 6.80. The zero-order chi connectivity index (χ0) is 13.4. The summed E-state index contributed by atoms with van der Waals surface area (Å²) in [5.74, 6) is -0.129. The molecule has 1 amide bonds. The van der Waals surface area contributed by atoms with E-state index in [9.17, 15) is 4.79 Å². The third-order valence-electron chi connectivity index (χ3n) is 2.59. The summed E-state index contributed by atoms with van der Waals surface area (Å²) in [6, 6.07) is 7.76. The van der Waals surface area contributed by atoms with Crippen molar-refractivity contribution in [3.8, 4) is 0 Å². The highest BCUT2D eigenvalue weighted by Crippen LogP contribution is 2.12. The van der Waals surface area contributed by atoms with E-state index in [1.54, 1.807) is 6.08 Å². The average molecular weight is 312 g/mol. The molecule has 98 valence electrons. The lowest BCUT2D eigenvalue weighted by atomic mass is 10.1. The molecule has 0 spiro atoms. The van der Waals surface area contributed by atoms with Crippen molar-refractivity contribution >= 4 is 27.9 Å². The van der Waals surface area contributed by atoms with Gasteiger partial charge in [0, 0.05) is 23.2 Å². The molecular formula is C14H18BrNO2. The van der Waals surface area contributed by atoms with Gasteiger partial charge in [0.05, 0.1) is 0 Å². The molecule has 1 aromatic rings. The molecule has 0 aromatic heterocycles. The van der Waals surface area contributed by atoms with Gasteiger partial charge in [0.15, 0.2) is 0 Å². The molecule has 0 radical (unpaired) electrons. The second kappa shape index (κ2) is 8.06. The van der Waals surface area contributed by atoms with E-state index >= 15 is 0 Å². The summed E-state index contributed by atoms with van der Waals surface area (Å²) in [6.45, 7) is 2.08. The monoisotopic (exact) mass is 311 g/mol. The highest BCUT2D eigenvalue weighted by atomic mass is 79.9. The van der Waals surface area contributed by atoms with Crippen LogP contribution >= 0.6 is 15.9 Å². The third-order valence-corrected chi connectivity index (χ3v) is 3.09. The standard InChI is InChI=1S/C14H18BrNO2/c1-2-13(8-9-17)16-14(18)7-6-11-4-3-5-12(15)10-11/h3-7,10,13,17H,2,8-9H2,1H3,(H,16,18)/b7-6+. The van der Waals surface area contributed by atoms with Gasteiger partial charge >= 0.3 is 0 Å². The zero-order valence-corrected chi connectivity index (χ0v) is 12.0. The van der Waals surface area contributed by atoms with Crippen LogP contribution in [0, 0.1) is 0 Å². The van der Waals surface area contributed by atoms with Crippen LogP contribution in [-0.4, -0.2) is 23.7 Å². The fraction of sp³-hybridized carbons (Fsp3) is 0.357. The summed E-state index contributed by atoms with van der Waals surface area (Å²) in [7, 11) is 0. The molecule has 0 fully saturated rings. The molecule has 0 aliphatic carbocycles. The van der Waals surface area contributed by atoms with Crippen molar-refractivity contribution in [1.82, 2.24) is 5.32 Å². The van der Waals surface area contributed by atoms with Crippen LogP contribution in [-0.2, 0) is 4.79 Å². The summed E-state index contributed by atoms with van der Waals surface area (Å²) in [6.07, 6.45) is 4.69. The summed E-state index contributed by atoms with van der Waals surface area (Å²) in [5, 5.41) is 11.7. The molecule has 1 atom stereocenters. The van der Waals surface area contributed by atoms with Crippen LogP contribution in [0.4, 0.5) is 0 Å². The van der Waals surface area contributed by atoms with Gasteiger partial charge < -0.3 is 10.4 Å². The highest BCUT2D eigenvalue weighted by Gasteiger charge is 2.06. The lowest BCUT2D eigenvalue weighted by Gasteiger charge is -2.13.